The van der Waals surface area contributed by atoms with Crippen molar-refractivity contribution >= 4 is 34.4 Å². The van der Waals surface area contributed by atoms with E-state index in [0.29, 0.717) is 6.42 Å². The van der Waals surface area contributed by atoms with Gasteiger partial charge in [-0.05, 0) is 45.7 Å². The predicted molar refractivity (Wildman–Crippen MR) is 90.6 cm³/mol. The second kappa shape index (κ2) is 7.72. The van der Waals surface area contributed by atoms with Crippen LogP contribution in [0.25, 0.3) is 0 Å². The molecule has 0 aliphatic rings. The molecule has 1 unspecified atom stereocenters. The van der Waals surface area contributed by atoms with Crippen LogP contribution in [0.3, 0.4) is 0 Å². The molecule has 0 saturated carbocycles. The van der Waals surface area contributed by atoms with Crippen molar-refractivity contribution in [1.82, 2.24) is 0 Å². The van der Waals surface area contributed by atoms with E-state index in [1.54, 1.807) is 11.8 Å². The van der Waals surface area contributed by atoms with E-state index in [1.807, 2.05) is 53.9 Å². The molecule has 2 aromatic rings. The fourth-order valence-corrected chi connectivity index (χ4v) is 2.96. The summed E-state index contributed by atoms with van der Waals surface area (Å²) < 4.78 is 0.968. The van der Waals surface area contributed by atoms with Crippen LogP contribution in [-0.2, 0) is 6.42 Å². The van der Waals surface area contributed by atoms with Crippen molar-refractivity contribution in [2.75, 3.05) is 0 Å². The van der Waals surface area contributed by atoms with Crippen molar-refractivity contribution in [3.63, 3.8) is 0 Å². The van der Waals surface area contributed by atoms with Crippen LogP contribution in [0.15, 0.2) is 74.5 Å². The second-order valence-corrected chi connectivity index (χ2v) is 6.33. The molecule has 0 aliphatic heterocycles. The standard InChI is InChI=1S/C16H15IOS/c17-15(12-19-14-9-5-2-6-10-14)16(18)11-13-7-3-1-4-8-13/h1-10,12,16,18H,11H2/b15-12-. The first-order valence-electron chi connectivity index (χ1n) is 6.05. The molecule has 0 bridgehead atoms. The number of aliphatic hydroxyl groups excluding tert-OH is 1. The van der Waals surface area contributed by atoms with Gasteiger partial charge in [0.15, 0.2) is 0 Å². The average molecular weight is 382 g/mol. The SMILES string of the molecule is OC(Cc1ccccc1)/C(I)=C/Sc1ccccc1. The molecule has 0 radical (unpaired) electrons. The first kappa shape index (κ1) is 14.6. The van der Waals surface area contributed by atoms with E-state index in [4.69, 9.17) is 0 Å². The second-order valence-electron chi connectivity index (χ2n) is 4.14. The predicted octanol–water partition coefficient (Wildman–Crippen LogP) is 4.66. The van der Waals surface area contributed by atoms with Gasteiger partial charge in [-0.25, -0.2) is 0 Å². The topological polar surface area (TPSA) is 20.2 Å². The first-order chi connectivity index (χ1) is 9.25. The molecule has 2 rings (SSSR count). The van der Waals surface area contributed by atoms with Crippen LogP contribution in [0.5, 0.6) is 0 Å². The Bertz CT molecular complexity index is 525. The third kappa shape index (κ3) is 5.01. The highest BCUT2D eigenvalue weighted by Gasteiger charge is 2.08. The minimum absolute atomic E-state index is 0.431. The zero-order chi connectivity index (χ0) is 13.5. The van der Waals surface area contributed by atoms with E-state index in [0.717, 1.165) is 9.14 Å². The van der Waals surface area contributed by atoms with Gasteiger partial charge in [0.2, 0.25) is 0 Å². The molecule has 98 valence electrons. The molecular formula is C16H15IOS. The lowest BCUT2D eigenvalue weighted by molar-refractivity contribution is 0.222. The lowest BCUT2D eigenvalue weighted by Gasteiger charge is -2.10. The van der Waals surface area contributed by atoms with Crippen LogP contribution in [0.2, 0.25) is 0 Å². The molecule has 0 fully saturated rings. The Kier molecular flexibility index (Phi) is 5.94. The van der Waals surface area contributed by atoms with E-state index in [1.165, 1.54) is 4.90 Å². The van der Waals surface area contributed by atoms with Gasteiger partial charge in [0.05, 0.1) is 6.10 Å². The molecule has 0 saturated heterocycles. The van der Waals surface area contributed by atoms with Crippen LogP contribution in [-0.4, -0.2) is 11.2 Å². The highest BCUT2D eigenvalue weighted by molar-refractivity contribution is 14.1. The van der Waals surface area contributed by atoms with Crippen molar-refractivity contribution in [2.45, 2.75) is 17.4 Å². The highest BCUT2D eigenvalue weighted by Crippen LogP contribution is 2.25. The quantitative estimate of drug-likeness (QED) is 0.600. The Hall–Kier alpha value is -0.780. The van der Waals surface area contributed by atoms with Gasteiger partial charge in [-0.2, -0.15) is 0 Å². The van der Waals surface area contributed by atoms with Gasteiger partial charge in [-0.15, -0.1) is 0 Å². The summed E-state index contributed by atoms with van der Waals surface area (Å²) >= 11 is 3.85. The molecule has 0 aliphatic carbocycles. The van der Waals surface area contributed by atoms with Crippen LogP contribution >= 0.6 is 34.4 Å². The minimum atomic E-state index is -0.431. The van der Waals surface area contributed by atoms with Gasteiger partial charge in [0.25, 0.3) is 0 Å². The van der Waals surface area contributed by atoms with Gasteiger partial charge in [-0.3, -0.25) is 0 Å². The van der Waals surface area contributed by atoms with Crippen LogP contribution < -0.4 is 0 Å². The maximum absolute atomic E-state index is 10.2. The monoisotopic (exact) mass is 382 g/mol. The van der Waals surface area contributed by atoms with Crippen molar-refractivity contribution in [2.24, 2.45) is 0 Å². The summed E-state index contributed by atoms with van der Waals surface area (Å²) in [6, 6.07) is 20.2. The third-order valence-electron chi connectivity index (χ3n) is 2.64. The van der Waals surface area contributed by atoms with E-state index >= 15 is 0 Å². The zero-order valence-electron chi connectivity index (χ0n) is 10.4. The maximum Gasteiger partial charge on any atom is 0.0892 e. The molecule has 1 N–H and O–H groups in total. The smallest absolute Gasteiger partial charge is 0.0892 e. The summed E-state index contributed by atoms with van der Waals surface area (Å²) in [6.45, 7) is 0. The summed E-state index contributed by atoms with van der Waals surface area (Å²) in [5.74, 6) is 0. The van der Waals surface area contributed by atoms with Crippen LogP contribution in [0, 0.1) is 0 Å². The molecule has 3 heteroatoms. The molecule has 0 heterocycles. The van der Waals surface area contributed by atoms with Crippen LogP contribution in [0.1, 0.15) is 5.56 Å². The molecule has 0 amide bonds. The summed E-state index contributed by atoms with van der Waals surface area (Å²) in [7, 11) is 0. The Morgan fingerprint density at radius 3 is 2.26 bits per heavy atom. The molecule has 1 atom stereocenters. The largest absolute Gasteiger partial charge is 0.388 e. The van der Waals surface area contributed by atoms with Crippen molar-refractivity contribution < 1.29 is 5.11 Å². The summed E-state index contributed by atoms with van der Waals surface area (Å²) in [6.07, 6.45) is 0.226. The molecular weight excluding hydrogens is 367 g/mol. The molecule has 0 aromatic heterocycles. The van der Waals surface area contributed by atoms with Gasteiger partial charge >= 0.3 is 0 Å². The highest BCUT2D eigenvalue weighted by atomic mass is 127. The normalized spacial score (nSPS) is 13.3. The first-order valence-corrected chi connectivity index (χ1v) is 8.01. The third-order valence-corrected chi connectivity index (χ3v) is 5.01. The van der Waals surface area contributed by atoms with Crippen molar-refractivity contribution in [3.8, 4) is 0 Å². The Morgan fingerprint density at radius 2 is 1.63 bits per heavy atom. The molecule has 19 heavy (non-hydrogen) atoms. The number of benzene rings is 2. The minimum Gasteiger partial charge on any atom is -0.388 e. The molecule has 0 spiro atoms. The molecule has 1 nitrogen and oxygen atoms in total. The van der Waals surface area contributed by atoms with E-state index in [2.05, 4.69) is 34.7 Å². The Morgan fingerprint density at radius 1 is 1.05 bits per heavy atom. The summed E-state index contributed by atoms with van der Waals surface area (Å²) in [4.78, 5) is 1.18. The lowest BCUT2D eigenvalue weighted by Crippen LogP contribution is -2.09. The van der Waals surface area contributed by atoms with E-state index in [9.17, 15) is 5.11 Å². The number of rotatable bonds is 5. The maximum atomic E-state index is 10.2. The number of aliphatic hydroxyl groups is 1. The number of hydrogen-bond acceptors (Lipinski definition) is 2. The Labute approximate surface area is 131 Å². The number of hydrogen-bond donors (Lipinski definition) is 1. The summed E-state index contributed by atoms with van der Waals surface area (Å²) in [5.41, 5.74) is 1.15. The van der Waals surface area contributed by atoms with E-state index in [-0.39, 0.29) is 0 Å². The van der Waals surface area contributed by atoms with Gasteiger partial charge < -0.3 is 5.11 Å². The van der Waals surface area contributed by atoms with Gasteiger partial charge in [-0.1, -0.05) is 60.3 Å². The number of thioether (sulfide) groups is 1. The van der Waals surface area contributed by atoms with Gasteiger partial charge in [0, 0.05) is 14.9 Å². The van der Waals surface area contributed by atoms with Crippen molar-refractivity contribution in [1.29, 1.82) is 0 Å². The van der Waals surface area contributed by atoms with Crippen molar-refractivity contribution in [3.05, 3.63) is 75.2 Å². The number of halogens is 1. The van der Waals surface area contributed by atoms with Crippen LogP contribution in [0.4, 0.5) is 0 Å². The lowest BCUT2D eigenvalue weighted by atomic mass is 10.1. The zero-order valence-corrected chi connectivity index (χ0v) is 13.3. The average Bonchev–Trinajstić information content (AvgIpc) is 2.47. The fourth-order valence-electron chi connectivity index (χ4n) is 1.64. The summed E-state index contributed by atoms with van der Waals surface area (Å²) in [5, 5.41) is 12.2. The Balaban J connectivity index is 1.93. The molecule has 2 aromatic carbocycles. The van der Waals surface area contributed by atoms with Gasteiger partial charge in [0.1, 0.15) is 0 Å². The fraction of sp³-hybridized carbons (Fsp3) is 0.125. The van der Waals surface area contributed by atoms with E-state index < -0.39 is 6.10 Å².